The topological polar surface area (TPSA) is 55.3 Å². The van der Waals surface area contributed by atoms with Gasteiger partial charge in [-0.15, -0.1) is 0 Å². The number of para-hydroxylation sites is 1. The number of aryl methyl sites for hydroxylation is 2. The van der Waals surface area contributed by atoms with E-state index in [0.717, 1.165) is 33.5 Å². The van der Waals surface area contributed by atoms with Crippen LogP contribution in [0.25, 0.3) is 17.0 Å². The number of ether oxygens (including phenoxy) is 1. The van der Waals surface area contributed by atoms with Crippen LogP contribution in [-0.4, -0.2) is 23.1 Å². The largest absolute Gasteiger partial charge is 0.495 e. The molecule has 1 saturated heterocycles. The lowest BCUT2D eigenvalue weighted by atomic mass is 10.1. The summed E-state index contributed by atoms with van der Waals surface area (Å²) < 4.78 is 7.49. The van der Waals surface area contributed by atoms with Gasteiger partial charge < -0.3 is 19.9 Å². The molecule has 3 aromatic rings. The van der Waals surface area contributed by atoms with Gasteiger partial charge in [-0.3, -0.25) is 4.79 Å². The van der Waals surface area contributed by atoms with Crippen LogP contribution in [-0.2, 0) is 11.8 Å². The van der Waals surface area contributed by atoms with Gasteiger partial charge in [0.1, 0.15) is 5.75 Å². The predicted octanol–water partition coefficient (Wildman–Crippen LogP) is 4.09. The van der Waals surface area contributed by atoms with Gasteiger partial charge in [-0.2, -0.15) is 0 Å². The lowest BCUT2D eigenvalue weighted by Crippen LogP contribution is -2.31. The molecule has 0 saturated carbocycles. The smallest absolute Gasteiger partial charge is 0.260 e. The number of nitrogens with one attached hydrogen (secondary N) is 2. The highest BCUT2D eigenvalue weighted by molar-refractivity contribution is 8.05. The Bertz CT molecular complexity index is 1050. The Hall–Kier alpha value is -2.86. The summed E-state index contributed by atoms with van der Waals surface area (Å²) in [6.45, 7) is 2.02. The minimum atomic E-state index is -0.241. The first-order valence-electron chi connectivity index (χ1n) is 8.69. The molecule has 0 aliphatic carbocycles. The first-order chi connectivity index (χ1) is 13.0. The Kier molecular flexibility index (Phi) is 4.58. The van der Waals surface area contributed by atoms with E-state index in [2.05, 4.69) is 33.5 Å². The highest BCUT2D eigenvalue weighted by Gasteiger charge is 2.28. The molecule has 2 aromatic carbocycles. The van der Waals surface area contributed by atoms with Crippen molar-refractivity contribution in [2.45, 2.75) is 12.4 Å². The highest BCUT2D eigenvalue weighted by Crippen LogP contribution is 2.34. The van der Waals surface area contributed by atoms with Gasteiger partial charge in [0, 0.05) is 29.7 Å². The van der Waals surface area contributed by atoms with Crippen molar-refractivity contribution >= 4 is 40.3 Å². The zero-order valence-corrected chi connectivity index (χ0v) is 16.3. The van der Waals surface area contributed by atoms with E-state index in [-0.39, 0.29) is 11.4 Å². The lowest BCUT2D eigenvalue weighted by Gasteiger charge is -2.16. The van der Waals surface area contributed by atoms with Crippen molar-refractivity contribution in [1.82, 2.24) is 9.88 Å². The van der Waals surface area contributed by atoms with E-state index in [1.807, 2.05) is 50.4 Å². The molecule has 1 aromatic heterocycles. The van der Waals surface area contributed by atoms with Gasteiger partial charge in [0.05, 0.1) is 17.7 Å². The Morgan fingerprint density at radius 1 is 1.26 bits per heavy atom. The molecule has 1 amide bonds. The zero-order valence-electron chi connectivity index (χ0n) is 15.4. The standard InChI is InChI=1S/C21H21N3O2S/c1-13-8-9-18(26-3)16(10-13)22-21-23-20(25)19(27-21)11-14-12-24(2)17-7-5-4-6-15(14)17/h4-12,21-22H,1-3H3,(H,23,25)/b19-11-. The number of nitrogens with zero attached hydrogens (tertiary/aromatic N) is 1. The molecule has 2 heterocycles. The molecule has 6 heteroatoms. The van der Waals surface area contributed by atoms with Crippen LogP contribution in [0.2, 0.25) is 0 Å². The normalized spacial score (nSPS) is 18.1. The number of benzene rings is 2. The number of rotatable bonds is 4. The number of hydrogen-bond donors (Lipinski definition) is 2. The van der Waals surface area contributed by atoms with Crippen LogP contribution in [0.3, 0.4) is 0 Å². The van der Waals surface area contributed by atoms with Gasteiger partial charge in [-0.05, 0) is 36.8 Å². The molecule has 1 aliphatic rings. The van der Waals surface area contributed by atoms with Gasteiger partial charge in [-0.1, -0.05) is 36.0 Å². The molecule has 0 bridgehead atoms. The molecule has 138 valence electrons. The molecule has 0 spiro atoms. The summed E-state index contributed by atoms with van der Waals surface area (Å²) in [5.74, 6) is 0.680. The summed E-state index contributed by atoms with van der Waals surface area (Å²) in [6.07, 6.45) is 4.01. The first-order valence-corrected chi connectivity index (χ1v) is 9.57. The van der Waals surface area contributed by atoms with Crippen LogP contribution in [0.5, 0.6) is 5.75 Å². The van der Waals surface area contributed by atoms with Crippen LogP contribution in [0.4, 0.5) is 5.69 Å². The lowest BCUT2D eigenvalue weighted by molar-refractivity contribution is -0.116. The van der Waals surface area contributed by atoms with E-state index in [4.69, 9.17) is 4.74 Å². The fourth-order valence-electron chi connectivity index (χ4n) is 3.27. The zero-order chi connectivity index (χ0) is 19.0. The summed E-state index contributed by atoms with van der Waals surface area (Å²) in [6, 6.07) is 14.1. The number of carbonyl (C=O) groups excluding carboxylic acids is 1. The van der Waals surface area contributed by atoms with Crippen molar-refractivity contribution < 1.29 is 9.53 Å². The van der Waals surface area contributed by atoms with E-state index in [0.29, 0.717) is 4.91 Å². The Morgan fingerprint density at radius 2 is 2.07 bits per heavy atom. The van der Waals surface area contributed by atoms with Crippen LogP contribution < -0.4 is 15.4 Å². The Morgan fingerprint density at radius 3 is 2.89 bits per heavy atom. The van der Waals surface area contributed by atoms with Crippen molar-refractivity contribution in [1.29, 1.82) is 0 Å². The van der Waals surface area contributed by atoms with Crippen molar-refractivity contribution in [3.63, 3.8) is 0 Å². The maximum atomic E-state index is 12.5. The van der Waals surface area contributed by atoms with Gasteiger partial charge in [0.15, 0.2) is 5.50 Å². The van der Waals surface area contributed by atoms with Crippen LogP contribution in [0.1, 0.15) is 11.1 Å². The van der Waals surface area contributed by atoms with Crippen LogP contribution >= 0.6 is 11.8 Å². The molecular weight excluding hydrogens is 358 g/mol. The molecule has 4 rings (SSSR count). The predicted molar refractivity (Wildman–Crippen MR) is 112 cm³/mol. The average molecular weight is 379 g/mol. The fraction of sp³-hybridized carbons (Fsp3) is 0.190. The second-order valence-electron chi connectivity index (χ2n) is 6.54. The van der Waals surface area contributed by atoms with Gasteiger partial charge in [0.2, 0.25) is 0 Å². The van der Waals surface area contributed by atoms with Crippen molar-refractivity contribution in [2.75, 3.05) is 12.4 Å². The molecular formula is C21H21N3O2S. The van der Waals surface area contributed by atoms with Crippen molar-refractivity contribution in [2.24, 2.45) is 7.05 Å². The van der Waals surface area contributed by atoms with E-state index in [1.54, 1.807) is 7.11 Å². The van der Waals surface area contributed by atoms with Gasteiger partial charge >= 0.3 is 0 Å². The number of amides is 1. The average Bonchev–Trinajstić information content (AvgIpc) is 3.16. The third-order valence-corrected chi connectivity index (χ3v) is 5.62. The van der Waals surface area contributed by atoms with Crippen molar-refractivity contribution in [3.05, 3.63) is 64.7 Å². The summed E-state index contributed by atoms with van der Waals surface area (Å²) in [7, 11) is 3.66. The number of thioether (sulfide) groups is 1. The number of aromatic nitrogens is 1. The van der Waals surface area contributed by atoms with E-state index in [9.17, 15) is 4.79 Å². The van der Waals surface area contributed by atoms with Crippen molar-refractivity contribution in [3.8, 4) is 5.75 Å². The van der Waals surface area contributed by atoms with E-state index < -0.39 is 0 Å². The highest BCUT2D eigenvalue weighted by atomic mass is 32.2. The summed E-state index contributed by atoms with van der Waals surface area (Å²) in [4.78, 5) is 13.2. The molecule has 1 aliphatic heterocycles. The minimum absolute atomic E-state index is 0.0722. The SMILES string of the molecule is COc1ccc(C)cc1NC1NC(=O)/C(=C/c2cn(C)c3ccccc23)S1. The monoisotopic (exact) mass is 379 g/mol. The second kappa shape index (κ2) is 7.04. The molecule has 5 nitrogen and oxygen atoms in total. The van der Waals surface area contributed by atoms with E-state index in [1.165, 1.54) is 11.8 Å². The maximum absolute atomic E-state index is 12.5. The van der Waals surface area contributed by atoms with Gasteiger partial charge in [-0.25, -0.2) is 0 Å². The molecule has 2 N–H and O–H groups in total. The van der Waals surface area contributed by atoms with Crippen LogP contribution in [0.15, 0.2) is 53.6 Å². The quantitative estimate of drug-likeness (QED) is 0.670. The number of hydrogen-bond acceptors (Lipinski definition) is 4. The first kappa shape index (κ1) is 17.5. The summed E-state index contributed by atoms with van der Waals surface area (Å²) >= 11 is 1.48. The summed E-state index contributed by atoms with van der Waals surface area (Å²) in [5, 5.41) is 7.47. The fourth-order valence-corrected chi connectivity index (χ4v) is 4.24. The maximum Gasteiger partial charge on any atom is 0.260 e. The third-order valence-electron chi connectivity index (χ3n) is 4.59. The Balaban J connectivity index is 1.59. The molecule has 1 atom stereocenters. The Labute approximate surface area is 162 Å². The second-order valence-corrected chi connectivity index (χ2v) is 7.69. The summed E-state index contributed by atoms with van der Waals surface area (Å²) in [5.41, 5.74) is 3.93. The number of methoxy groups -OCH3 is 1. The third kappa shape index (κ3) is 3.40. The van der Waals surface area contributed by atoms with Gasteiger partial charge in [0.25, 0.3) is 5.91 Å². The molecule has 0 radical (unpaired) electrons. The van der Waals surface area contributed by atoms with Crippen LogP contribution in [0, 0.1) is 6.92 Å². The molecule has 27 heavy (non-hydrogen) atoms. The molecule has 1 fully saturated rings. The molecule has 1 unspecified atom stereocenters. The number of anilines is 1. The minimum Gasteiger partial charge on any atom is -0.495 e. The van der Waals surface area contributed by atoms with E-state index >= 15 is 0 Å². The number of fused-ring (bicyclic) bond motifs is 1. The number of carbonyl (C=O) groups is 1.